The van der Waals surface area contributed by atoms with E-state index in [1.807, 2.05) is 7.05 Å². The van der Waals surface area contributed by atoms with E-state index >= 15 is 0 Å². The number of nitrogens with zero attached hydrogens (tertiary/aromatic N) is 2. The Bertz CT molecular complexity index is 255. The van der Waals surface area contributed by atoms with E-state index in [1.54, 1.807) is 0 Å². The van der Waals surface area contributed by atoms with Crippen molar-refractivity contribution in [1.82, 2.24) is 15.5 Å². The molecule has 2 N–H and O–H groups in total. The molecule has 2 atom stereocenters. The molecule has 1 heterocycles. The Balaban J connectivity index is 0.00000289. The van der Waals surface area contributed by atoms with Crippen LogP contribution in [0.4, 0.5) is 0 Å². The molecule has 2 unspecified atom stereocenters. The predicted molar refractivity (Wildman–Crippen MR) is 89.8 cm³/mol. The van der Waals surface area contributed by atoms with Crippen LogP contribution in [0.1, 0.15) is 27.2 Å². The Morgan fingerprint density at radius 2 is 2.06 bits per heavy atom. The van der Waals surface area contributed by atoms with E-state index in [0.717, 1.165) is 18.4 Å². The van der Waals surface area contributed by atoms with Crippen LogP contribution in [0.25, 0.3) is 0 Å². The highest BCUT2D eigenvalue weighted by Gasteiger charge is 2.19. The van der Waals surface area contributed by atoms with Gasteiger partial charge in [0.2, 0.25) is 0 Å². The monoisotopic (exact) mass is 368 g/mol. The van der Waals surface area contributed by atoms with E-state index < -0.39 is 0 Å². The summed E-state index contributed by atoms with van der Waals surface area (Å²) < 4.78 is 0. The zero-order chi connectivity index (χ0) is 12.8. The third kappa shape index (κ3) is 6.22. The summed E-state index contributed by atoms with van der Waals surface area (Å²) in [5, 5.41) is 6.86. The molecule has 0 spiro atoms. The first-order valence-corrected chi connectivity index (χ1v) is 6.68. The molecule has 5 heteroatoms. The molecule has 0 aromatic carbocycles. The summed E-state index contributed by atoms with van der Waals surface area (Å²) in [6, 6.07) is 0.451. The van der Waals surface area contributed by atoms with Crippen molar-refractivity contribution in [3.05, 3.63) is 0 Å². The Morgan fingerprint density at radius 3 is 2.50 bits per heavy atom. The van der Waals surface area contributed by atoms with Crippen LogP contribution >= 0.6 is 24.0 Å². The number of nitrogens with one attached hydrogen (secondary N) is 2. The lowest BCUT2D eigenvalue weighted by molar-refractivity contribution is 0.393. The second-order valence-electron chi connectivity index (χ2n) is 5.55. The largest absolute Gasteiger partial charge is 0.356 e. The van der Waals surface area contributed by atoms with Crippen molar-refractivity contribution < 1.29 is 0 Å². The number of hydrogen-bond donors (Lipinski definition) is 2. The topological polar surface area (TPSA) is 39.7 Å². The Kier molecular flexibility index (Phi) is 8.94. The Hall–Kier alpha value is -0.0400. The fraction of sp³-hybridized carbons (Fsp3) is 0.923. The number of halogens is 1. The number of guanidine groups is 1. The van der Waals surface area contributed by atoms with Crippen LogP contribution in [0.2, 0.25) is 0 Å². The average molecular weight is 368 g/mol. The normalized spacial score (nSPS) is 22.8. The average Bonchev–Trinajstić information content (AvgIpc) is 2.69. The molecule has 1 aliphatic rings. The number of hydrogen-bond acceptors (Lipinski definition) is 2. The van der Waals surface area contributed by atoms with Crippen molar-refractivity contribution in [1.29, 1.82) is 0 Å². The molecular weight excluding hydrogens is 339 g/mol. The van der Waals surface area contributed by atoms with Crippen LogP contribution in [-0.2, 0) is 0 Å². The van der Waals surface area contributed by atoms with Gasteiger partial charge in [0, 0.05) is 26.2 Å². The van der Waals surface area contributed by atoms with Crippen LogP contribution in [0.15, 0.2) is 4.99 Å². The second kappa shape index (κ2) is 8.96. The van der Waals surface area contributed by atoms with Crippen molar-refractivity contribution in [3.8, 4) is 0 Å². The quantitative estimate of drug-likeness (QED) is 0.451. The summed E-state index contributed by atoms with van der Waals surface area (Å²) in [6.07, 6.45) is 1.29. The molecule has 0 aromatic heterocycles. The maximum atomic E-state index is 4.27. The fourth-order valence-electron chi connectivity index (χ4n) is 2.01. The van der Waals surface area contributed by atoms with Gasteiger partial charge >= 0.3 is 0 Å². The third-order valence-electron chi connectivity index (χ3n) is 3.64. The van der Waals surface area contributed by atoms with Crippen molar-refractivity contribution in [2.24, 2.45) is 16.8 Å². The molecule has 0 saturated carbocycles. The molecule has 1 rings (SSSR count). The Labute approximate surface area is 129 Å². The van der Waals surface area contributed by atoms with Gasteiger partial charge in [0.15, 0.2) is 5.96 Å². The smallest absolute Gasteiger partial charge is 0.191 e. The van der Waals surface area contributed by atoms with E-state index in [1.165, 1.54) is 19.5 Å². The summed E-state index contributed by atoms with van der Waals surface area (Å²) in [6.45, 7) is 10.1. The van der Waals surface area contributed by atoms with Crippen LogP contribution < -0.4 is 10.6 Å². The molecule has 0 bridgehead atoms. The molecule has 18 heavy (non-hydrogen) atoms. The fourth-order valence-corrected chi connectivity index (χ4v) is 2.01. The predicted octanol–water partition coefficient (Wildman–Crippen LogP) is 1.77. The molecule has 0 aromatic rings. The highest BCUT2D eigenvalue weighted by atomic mass is 127. The van der Waals surface area contributed by atoms with Gasteiger partial charge in [-0.2, -0.15) is 0 Å². The van der Waals surface area contributed by atoms with Gasteiger partial charge < -0.3 is 15.5 Å². The van der Waals surface area contributed by atoms with Crippen LogP contribution in [-0.4, -0.2) is 50.6 Å². The minimum absolute atomic E-state index is 0. The number of aliphatic imine (C=N–C) groups is 1. The standard InChI is InChI=1S/C13H28N4.HI/c1-10(2)11(3)16-13(14-4)15-8-12-6-7-17(5)9-12;/h10-12H,6-9H2,1-5H3,(H2,14,15,16);1H. The lowest BCUT2D eigenvalue weighted by Gasteiger charge is -2.21. The molecule has 108 valence electrons. The minimum Gasteiger partial charge on any atom is -0.356 e. The van der Waals surface area contributed by atoms with Crippen LogP contribution in [0, 0.1) is 11.8 Å². The zero-order valence-corrected chi connectivity index (χ0v) is 14.7. The highest BCUT2D eigenvalue weighted by Crippen LogP contribution is 2.12. The summed E-state index contributed by atoms with van der Waals surface area (Å²) in [7, 11) is 4.02. The van der Waals surface area contributed by atoms with Crippen molar-refractivity contribution in [2.75, 3.05) is 33.7 Å². The molecule has 0 amide bonds. The first-order valence-electron chi connectivity index (χ1n) is 6.68. The highest BCUT2D eigenvalue weighted by molar-refractivity contribution is 14.0. The van der Waals surface area contributed by atoms with Crippen LogP contribution in [0.5, 0.6) is 0 Å². The molecule has 1 aliphatic heterocycles. The first-order chi connectivity index (χ1) is 8.02. The molecule has 1 saturated heterocycles. The maximum Gasteiger partial charge on any atom is 0.191 e. The lowest BCUT2D eigenvalue weighted by atomic mass is 10.1. The zero-order valence-electron chi connectivity index (χ0n) is 12.4. The number of likely N-dealkylation sites (tertiary alicyclic amines) is 1. The third-order valence-corrected chi connectivity index (χ3v) is 3.64. The van der Waals surface area contributed by atoms with E-state index in [0.29, 0.717) is 12.0 Å². The van der Waals surface area contributed by atoms with Gasteiger partial charge in [-0.25, -0.2) is 0 Å². The Morgan fingerprint density at radius 1 is 1.39 bits per heavy atom. The van der Waals surface area contributed by atoms with E-state index in [-0.39, 0.29) is 24.0 Å². The summed E-state index contributed by atoms with van der Waals surface area (Å²) >= 11 is 0. The van der Waals surface area contributed by atoms with Gasteiger partial charge in [0.25, 0.3) is 0 Å². The maximum absolute atomic E-state index is 4.27. The summed E-state index contributed by atoms with van der Waals surface area (Å²) in [5.74, 6) is 2.31. The van der Waals surface area contributed by atoms with E-state index in [4.69, 9.17) is 0 Å². The van der Waals surface area contributed by atoms with Crippen molar-refractivity contribution >= 4 is 29.9 Å². The van der Waals surface area contributed by atoms with Crippen molar-refractivity contribution in [2.45, 2.75) is 33.2 Å². The first kappa shape index (κ1) is 18.0. The van der Waals surface area contributed by atoms with E-state index in [9.17, 15) is 0 Å². The van der Waals surface area contributed by atoms with Gasteiger partial charge in [-0.05, 0) is 38.8 Å². The molecule has 4 nitrogen and oxygen atoms in total. The minimum atomic E-state index is 0. The summed E-state index contributed by atoms with van der Waals surface area (Å²) in [4.78, 5) is 6.66. The van der Waals surface area contributed by atoms with Crippen LogP contribution in [0.3, 0.4) is 0 Å². The molecule has 0 aliphatic carbocycles. The van der Waals surface area contributed by atoms with Crippen molar-refractivity contribution in [3.63, 3.8) is 0 Å². The van der Waals surface area contributed by atoms with Gasteiger partial charge in [0.05, 0.1) is 0 Å². The van der Waals surface area contributed by atoms with Gasteiger partial charge in [-0.15, -0.1) is 24.0 Å². The summed E-state index contributed by atoms with van der Waals surface area (Å²) in [5.41, 5.74) is 0. The van der Waals surface area contributed by atoms with Gasteiger partial charge in [0.1, 0.15) is 0 Å². The SMILES string of the molecule is CN=C(NCC1CCN(C)C1)NC(C)C(C)C.I. The number of rotatable bonds is 4. The second-order valence-corrected chi connectivity index (χ2v) is 5.55. The van der Waals surface area contributed by atoms with Gasteiger partial charge in [-0.3, -0.25) is 4.99 Å². The molecular formula is C13H29IN4. The van der Waals surface area contributed by atoms with E-state index in [2.05, 4.69) is 48.3 Å². The molecule has 0 radical (unpaired) electrons. The molecule has 1 fully saturated rings. The van der Waals surface area contributed by atoms with Gasteiger partial charge in [-0.1, -0.05) is 13.8 Å². The lowest BCUT2D eigenvalue weighted by Crippen LogP contribution is -2.45.